The van der Waals surface area contributed by atoms with Crippen LogP contribution >= 0.6 is 0 Å². The molecule has 0 fully saturated rings. The summed E-state index contributed by atoms with van der Waals surface area (Å²) in [6.45, 7) is 5.98. The highest BCUT2D eigenvalue weighted by molar-refractivity contribution is 5.59. The molecule has 2 aromatic rings. The molecule has 0 saturated carbocycles. The third kappa shape index (κ3) is 10.1. The first kappa shape index (κ1) is 24.2. The van der Waals surface area contributed by atoms with Crippen LogP contribution in [0.15, 0.2) is 36.4 Å². The highest BCUT2D eigenvalue weighted by atomic mass is 16.5. The summed E-state index contributed by atoms with van der Waals surface area (Å²) in [5.74, 6) is 1.52. The van der Waals surface area contributed by atoms with Crippen LogP contribution in [0.1, 0.15) is 90.9 Å². The van der Waals surface area contributed by atoms with Crippen LogP contribution in [0, 0.1) is 0 Å². The molecule has 4 nitrogen and oxygen atoms in total. The molecule has 0 aliphatic carbocycles. The van der Waals surface area contributed by atoms with E-state index in [2.05, 4.69) is 24.0 Å². The van der Waals surface area contributed by atoms with Crippen molar-refractivity contribution in [2.24, 2.45) is 0 Å². The van der Waals surface area contributed by atoms with E-state index < -0.39 is 0 Å². The largest absolute Gasteiger partial charge is 0.494 e. The molecular formula is C26H40N2O2. The van der Waals surface area contributed by atoms with Gasteiger partial charge in [-0.25, -0.2) is 0 Å². The number of unbranched alkanes of at least 4 members (excludes halogenated alkanes) is 10. The summed E-state index contributed by atoms with van der Waals surface area (Å²) in [5, 5.41) is 8.54. The zero-order chi connectivity index (χ0) is 21.3. The van der Waals surface area contributed by atoms with Gasteiger partial charge in [-0.05, 0) is 43.2 Å². The van der Waals surface area contributed by atoms with Gasteiger partial charge in [-0.1, -0.05) is 78.1 Å². The number of nitrogens with zero attached hydrogens (tertiary/aromatic N) is 2. The van der Waals surface area contributed by atoms with E-state index in [1.807, 2.05) is 36.4 Å². The van der Waals surface area contributed by atoms with E-state index >= 15 is 0 Å². The lowest BCUT2D eigenvalue weighted by molar-refractivity contribution is 0.290. The van der Waals surface area contributed by atoms with Crippen LogP contribution in [0.2, 0.25) is 0 Å². The van der Waals surface area contributed by atoms with E-state index in [0.717, 1.165) is 36.5 Å². The van der Waals surface area contributed by atoms with Gasteiger partial charge < -0.3 is 9.47 Å². The molecule has 30 heavy (non-hydrogen) atoms. The Bertz CT molecular complexity index is 656. The highest BCUT2D eigenvalue weighted by Gasteiger charge is 2.03. The Morgan fingerprint density at radius 2 is 1.13 bits per heavy atom. The molecule has 4 heteroatoms. The van der Waals surface area contributed by atoms with E-state index in [0.29, 0.717) is 12.5 Å². The average molecular weight is 413 g/mol. The van der Waals surface area contributed by atoms with Gasteiger partial charge in [0.25, 0.3) is 0 Å². The van der Waals surface area contributed by atoms with Crippen molar-refractivity contribution in [3.63, 3.8) is 0 Å². The molecule has 1 aromatic carbocycles. The molecule has 2 rings (SSSR count). The number of benzene rings is 1. The number of aromatic nitrogens is 2. The molecule has 0 N–H and O–H groups in total. The maximum Gasteiger partial charge on any atom is 0.233 e. The van der Waals surface area contributed by atoms with Crippen molar-refractivity contribution in [1.29, 1.82) is 0 Å². The highest BCUT2D eigenvalue weighted by Crippen LogP contribution is 2.21. The smallest absolute Gasteiger partial charge is 0.233 e. The predicted octanol–water partition coefficient (Wildman–Crippen LogP) is 7.62. The second-order valence-electron chi connectivity index (χ2n) is 8.01. The van der Waals surface area contributed by atoms with Crippen LogP contribution in [0.3, 0.4) is 0 Å². The molecule has 0 aliphatic rings. The van der Waals surface area contributed by atoms with Gasteiger partial charge in [0.05, 0.1) is 18.9 Å². The average Bonchev–Trinajstić information content (AvgIpc) is 2.79. The van der Waals surface area contributed by atoms with Crippen molar-refractivity contribution in [2.75, 3.05) is 13.2 Å². The molecule has 166 valence electrons. The Kier molecular flexibility index (Phi) is 12.7. The lowest BCUT2D eigenvalue weighted by Gasteiger charge is -2.08. The molecule has 0 unspecified atom stereocenters. The Balaban J connectivity index is 1.64. The first-order chi connectivity index (χ1) is 14.8. The topological polar surface area (TPSA) is 44.2 Å². The summed E-state index contributed by atoms with van der Waals surface area (Å²) in [5.41, 5.74) is 1.89. The van der Waals surface area contributed by atoms with Crippen molar-refractivity contribution in [3.05, 3.63) is 36.4 Å². The van der Waals surface area contributed by atoms with E-state index in [1.54, 1.807) is 0 Å². The van der Waals surface area contributed by atoms with Crippen molar-refractivity contribution < 1.29 is 9.47 Å². The van der Waals surface area contributed by atoms with Gasteiger partial charge in [0.15, 0.2) is 0 Å². The third-order valence-electron chi connectivity index (χ3n) is 5.30. The maximum absolute atomic E-state index is 5.80. The molecule has 0 bridgehead atoms. The molecule has 0 spiro atoms. The Morgan fingerprint density at radius 1 is 0.567 bits per heavy atom. The number of hydrogen-bond acceptors (Lipinski definition) is 4. The standard InChI is InChI=1S/C26H40N2O2/c1-3-5-7-9-10-11-12-14-22-30-26-20-19-25(27-28-26)23-15-17-24(18-16-23)29-21-13-8-6-4-2/h15-20H,3-14,21-22H2,1-2H3. The number of rotatable bonds is 17. The number of ether oxygens (including phenoxy) is 2. The summed E-state index contributed by atoms with van der Waals surface area (Å²) in [6, 6.07) is 12.0. The summed E-state index contributed by atoms with van der Waals surface area (Å²) < 4.78 is 11.5. The van der Waals surface area contributed by atoms with E-state index in [-0.39, 0.29) is 0 Å². The lowest BCUT2D eigenvalue weighted by Crippen LogP contribution is -2.00. The van der Waals surface area contributed by atoms with Gasteiger partial charge in [-0.2, -0.15) is 0 Å². The van der Waals surface area contributed by atoms with Gasteiger partial charge in [0, 0.05) is 11.6 Å². The minimum atomic E-state index is 0.605. The molecule has 0 atom stereocenters. The first-order valence-electron chi connectivity index (χ1n) is 12.0. The summed E-state index contributed by atoms with van der Waals surface area (Å²) in [6.07, 6.45) is 15.3. The molecule has 0 radical (unpaired) electrons. The molecule has 1 heterocycles. The van der Waals surface area contributed by atoms with E-state index in [1.165, 1.54) is 64.2 Å². The van der Waals surface area contributed by atoms with Gasteiger partial charge >= 0.3 is 0 Å². The van der Waals surface area contributed by atoms with Crippen LogP contribution in [0.25, 0.3) is 11.3 Å². The van der Waals surface area contributed by atoms with Crippen molar-refractivity contribution in [2.45, 2.75) is 90.9 Å². The fourth-order valence-corrected chi connectivity index (χ4v) is 3.40. The van der Waals surface area contributed by atoms with Crippen LogP contribution in [0.5, 0.6) is 11.6 Å². The normalized spacial score (nSPS) is 10.9. The minimum absolute atomic E-state index is 0.605. The maximum atomic E-state index is 5.80. The summed E-state index contributed by atoms with van der Waals surface area (Å²) in [7, 11) is 0. The second kappa shape index (κ2) is 15.7. The van der Waals surface area contributed by atoms with Crippen LogP contribution in [0.4, 0.5) is 0 Å². The van der Waals surface area contributed by atoms with E-state index in [9.17, 15) is 0 Å². The van der Waals surface area contributed by atoms with Gasteiger partial charge in [-0.15, -0.1) is 10.2 Å². The van der Waals surface area contributed by atoms with Gasteiger partial charge in [-0.3, -0.25) is 0 Å². The SMILES string of the molecule is CCCCCCCCCCOc1ccc(-c2ccc(OCCCCCC)cc2)nn1. The molecule has 1 aromatic heterocycles. The third-order valence-corrected chi connectivity index (χ3v) is 5.30. The van der Waals surface area contributed by atoms with Crippen LogP contribution < -0.4 is 9.47 Å². The van der Waals surface area contributed by atoms with Crippen molar-refractivity contribution in [3.8, 4) is 22.9 Å². The fraction of sp³-hybridized carbons (Fsp3) is 0.615. The molecular weight excluding hydrogens is 372 g/mol. The van der Waals surface area contributed by atoms with Gasteiger partial charge in [0.2, 0.25) is 5.88 Å². The number of hydrogen-bond donors (Lipinski definition) is 0. The lowest BCUT2D eigenvalue weighted by atomic mass is 10.1. The van der Waals surface area contributed by atoms with Crippen molar-refractivity contribution >= 4 is 0 Å². The molecule has 0 aliphatic heterocycles. The Hall–Kier alpha value is -2.10. The monoisotopic (exact) mass is 412 g/mol. The summed E-state index contributed by atoms with van der Waals surface area (Å²) in [4.78, 5) is 0. The predicted molar refractivity (Wildman–Crippen MR) is 125 cm³/mol. The van der Waals surface area contributed by atoms with Gasteiger partial charge in [0.1, 0.15) is 5.75 Å². The fourth-order valence-electron chi connectivity index (χ4n) is 3.40. The molecule has 0 saturated heterocycles. The van der Waals surface area contributed by atoms with Crippen molar-refractivity contribution in [1.82, 2.24) is 10.2 Å². The zero-order valence-corrected chi connectivity index (χ0v) is 19.1. The first-order valence-corrected chi connectivity index (χ1v) is 12.0. The quantitative estimate of drug-likeness (QED) is 0.251. The zero-order valence-electron chi connectivity index (χ0n) is 19.1. The second-order valence-corrected chi connectivity index (χ2v) is 8.01. The Labute approximate surface area is 183 Å². The molecule has 0 amide bonds. The minimum Gasteiger partial charge on any atom is -0.494 e. The summed E-state index contributed by atoms with van der Waals surface area (Å²) >= 11 is 0. The Morgan fingerprint density at radius 3 is 1.73 bits per heavy atom. The van der Waals surface area contributed by atoms with Crippen LogP contribution in [-0.4, -0.2) is 23.4 Å². The van der Waals surface area contributed by atoms with E-state index in [4.69, 9.17) is 9.47 Å². The van der Waals surface area contributed by atoms with Crippen LogP contribution in [-0.2, 0) is 0 Å².